The number of carbonyl (C=O) groups is 3. The van der Waals surface area contributed by atoms with Gasteiger partial charge in [-0.15, -0.1) is 0 Å². The van der Waals surface area contributed by atoms with Crippen LogP contribution in [0.15, 0.2) is 48.5 Å². The minimum atomic E-state index is -1.27. The van der Waals surface area contributed by atoms with E-state index in [1.165, 1.54) is 6.92 Å². The van der Waals surface area contributed by atoms with Gasteiger partial charge in [0.25, 0.3) is 0 Å². The maximum absolute atomic E-state index is 12.9. The molecule has 0 saturated carbocycles. The quantitative estimate of drug-likeness (QED) is 0.250. The molecule has 0 aliphatic carbocycles. The van der Waals surface area contributed by atoms with Gasteiger partial charge in [-0.05, 0) is 38.0 Å². The number of ether oxygens (including phenoxy) is 4. The Bertz CT molecular complexity index is 951. The lowest BCUT2D eigenvalue weighted by Crippen LogP contribution is -2.36. The van der Waals surface area contributed by atoms with Gasteiger partial charge in [0.15, 0.2) is 5.92 Å². The summed E-state index contributed by atoms with van der Waals surface area (Å²) < 4.78 is 21.6. The zero-order valence-corrected chi connectivity index (χ0v) is 19.5. The molecule has 33 heavy (non-hydrogen) atoms. The molecule has 178 valence electrons. The molecule has 0 aliphatic rings. The predicted molar refractivity (Wildman–Crippen MR) is 121 cm³/mol. The van der Waals surface area contributed by atoms with Crippen molar-refractivity contribution in [1.29, 1.82) is 0 Å². The highest BCUT2D eigenvalue weighted by molar-refractivity contribution is 5.95. The van der Waals surface area contributed by atoms with Crippen LogP contribution < -0.4 is 10.5 Å². The van der Waals surface area contributed by atoms with E-state index >= 15 is 0 Å². The zero-order valence-electron chi connectivity index (χ0n) is 19.5. The lowest BCUT2D eigenvalue weighted by atomic mass is 9.94. The van der Waals surface area contributed by atoms with Crippen molar-refractivity contribution in [1.82, 2.24) is 0 Å². The van der Waals surface area contributed by atoms with E-state index in [1.807, 2.05) is 30.3 Å². The Kier molecular flexibility index (Phi) is 9.42. The van der Waals surface area contributed by atoms with Gasteiger partial charge < -0.3 is 18.9 Å². The molecule has 0 saturated heterocycles. The summed E-state index contributed by atoms with van der Waals surface area (Å²) in [6, 6.07) is 14.8. The summed E-state index contributed by atoms with van der Waals surface area (Å²) in [4.78, 5) is 36.9. The van der Waals surface area contributed by atoms with Crippen LogP contribution in [-0.4, -0.2) is 30.2 Å². The molecular weight excluding hydrogens is 426 g/mol. The van der Waals surface area contributed by atoms with Gasteiger partial charge in [0.1, 0.15) is 31.3 Å². The highest BCUT2D eigenvalue weighted by atomic mass is 16.6. The Labute approximate surface area is 194 Å². The molecule has 2 aromatic rings. The largest absolute Gasteiger partial charge is 0.489 e. The maximum atomic E-state index is 12.9. The van der Waals surface area contributed by atoms with Gasteiger partial charge in [-0.3, -0.25) is 20.1 Å². The van der Waals surface area contributed by atoms with Crippen molar-refractivity contribution in [3.05, 3.63) is 65.2 Å². The first-order chi connectivity index (χ1) is 15.6. The molecule has 8 heteroatoms. The van der Waals surface area contributed by atoms with Crippen molar-refractivity contribution >= 4 is 17.9 Å². The van der Waals surface area contributed by atoms with E-state index < -0.39 is 29.4 Å². The van der Waals surface area contributed by atoms with Crippen LogP contribution in [0, 0.1) is 5.92 Å². The van der Waals surface area contributed by atoms with Crippen LogP contribution in [0.3, 0.4) is 0 Å². The lowest BCUT2D eigenvalue weighted by molar-refractivity contribution is -0.169. The van der Waals surface area contributed by atoms with E-state index in [1.54, 1.807) is 39.0 Å². The van der Waals surface area contributed by atoms with Crippen LogP contribution in [0.25, 0.3) is 0 Å². The van der Waals surface area contributed by atoms with E-state index in [0.29, 0.717) is 16.9 Å². The smallest absolute Gasteiger partial charge is 0.321 e. The van der Waals surface area contributed by atoms with Crippen LogP contribution in [-0.2, 0) is 48.2 Å². The lowest BCUT2D eigenvalue weighted by Gasteiger charge is -2.24. The minimum Gasteiger partial charge on any atom is -0.489 e. The molecular formula is C25H31NO7. The summed E-state index contributed by atoms with van der Waals surface area (Å²) in [6.45, 7) is 6.29. The molecule has 0 radical (unpaired) electrons. The zero-order chi connectivity index (χ0) is 24.4. The third-order valence-electron chi connectivity index (χ3n) is 4.51. The van der Waals surface area contributed by atoms with E-state index in [-0.39, 0.29) is 26.4 Å². The number of hydrogen-bond donors (Lipinski definition) is 1. The van der Waals surface area contributed by atoms with Crippen molar-refractivity contribution in [2.75, 3.05) is 6.73 Å². The number of carbonyl (C=O) groups excluding carboxylic acids is 3. The van der Waals surface area contributed by atoms with E-state index in [2.05, 4.69) is 0 Å². The van der Waals surface area contributed by atoms with Gasteiger partial charge in [0.2, 0.25) is 0 Å². The molecule has 2 aromatic carbocycles. The van der Waals surface area contributed by atoms with Gasteiger partial charge in [0.05, 0.1) is 0 Å². The molecule has 0 bridgehead atoms. The highest BCUT2D eigenvalue weighted by Crippen LogP contribution is 2.29. The SMILES string of the molecule is CC(=O)OCc1cccc(OCc2ccccc2)c1CC(C(=O)OCN)C(=O)OC(C)(C)C. The monoisotopic (exact) mass is 457 g/mol. The molecule has 8 nitrogen and oxygen atoms in total. The number of benzene rings is 2. The van der Waals surface area contributed by atoms with Crippen LogP contribution in [0.1, 0.15) is 44.4 Å². The molecule has 0 heterocycles. The Morgan fingerprint density at radius 3 is 2.21 bits per heavy atom. The Hall–Kier alpha value is -3.39. The Balaban J connectivity index is 2.40. The summed E-state index contributed by atoms with van der Waals surface area (Å²) in [7, 11) is 0. The molecule has 0 fully saturated rings. The van der Waals surface area contributed by atoms with Crippen molar-refractivity contribution in [3.63, 3.8) is 0 Å². The first-order valence-corrected chi connectivity index (χ1v) is 10.6. The molecule has 2 N–H and O–H groups in total. The van der Waals surface area contributed by atoms with Gasteiger partial charge in [0, 0.05) is 18.9 Å². The third-order valence-corrected chi connectivity index (χ3v) is 4.51. The maximum Gasteiger partial charge on any atom is 0.321 e. The summed E-state index contributed by atoms with van der Waals surface area (Å²) in [5.41, 5.74) is 6.65. The van der Waals surface area contributed by atoms with Crippen molar-refractivity contribution in [2.24, 2.45) is 11.7 Å². The second-order valence-corrected chi connectivity index (χ2v) is 8.37. The minimum absolute atomic E-state index is 0.0415. The fourth-order valence-electron chi connectivity index (χ4n) is 3.05. The van der Waals surface area contributed by atoms with Crippen LogP contribution in [0.4, 0.5) is 0 Å². The number of nitrogens with two attached hydrogens (primary N) is 1. The average molecular weight is 458 g/mol. The van der Waals surface area contributed by atoms with Crippen molar-refractivity contribution in [2.45, 2.75) is 52.9 Å². The first kappa shape index (κ1) is 25.9. The molecule has 2 rings (SSSR count). The van der Waals surface area contributed by atoms with Crippen LogP contribution >= 0.6 is 0 Å². The average Bonchev–Trinajstić information content (AvgIpc) is 2.74. The topological polar surface area (TPSA) is 114 Å². The standard InChI is InChI=1S/C25H31NO7/c1-17(27)30-15-19-11-8-12-22(31-14-18-9-6-5-7-10-18)20(19)13-21(23(28)32-16-26)24(29)33-25(2,3)4/h5-12,21H,13-16,26H2,1-4H3. The number of rotatable bonds is 10. The summed E-state index contributed by atoms with van der Waals surface area (Å²) in [5.74, 6) is -2.81. The second-order valence-electron chi connectivity index (χ2n) is 8.37. The molecule has 0 amide bonds. The summed E-state index contributed by atoms with van der Waals surface area (Å²) in [6.07, 6.45) is -0.0741. The number of esters is 3. The Morgan fingerprint density at radius 1 is 0.909 bits per heavy atom. The fourth-order valence-corrected chi connectivity index (χ4v) is 3.05. The van der Waals surface area contributed by atoms with Gasteiger partial charge in [-0.2, -0.15) is 0 Å². The van der Waals surface area contributed by atoms with E-state index in [9.17, 15) is 14.4 Å². The predicted octanol–water partition coefficient (Wildman–Crippen LogP) is 3.29. The Morgan fingerprint density at radius 2 is 1.61 bits per heavy atom. The van der Waals surface area contributed by atoms with Gasteiger partial charge in [-0.25, -0.2) is 0 Å². The molecule has 0 spiro atoms. The van der Waals surface area contributed by atoms with E-state index in [0.717, 1.165) is 5.56 Å². The van der Waals surface area contributed by atoms with Gasteiger partial charge in [-0.1, -0.05) is 42.5 Å². The second kappa shape index (κ2) is 12.0. The first-order valence-electron chi connectivity index (χ1n) is 10.6. The molecule has 0 aromatic heterocycles. The van der Waals surface area contributed by atoms with Gasteiger partial charge >= 0.3 is 17.9 Å². The normalized spacial score (nSPS) is 11.9. The van der Waals surface area contributed by atoms with Crippen molar-refractivity contribution in [3.8, 4) is 5.75 Å². The molecule has 0 aliphatic heterocycles. The number of hydrogen-bond acceptors (Lipinski definition) is 8. The molecule has 1 atom stereocenters. The van der Waals surface area contributed by atoms with Crippen molar-refractivity contribution < 1.29 is 33.3 Å². The summed E-state index contributed by atoms with van der Waals surface area (Å²) >= 11 is 0. The van der Waals surface area contributed by atoms with E-state index in [4.69, 9.17) is 24.7 Å². The fraction of sp³-hybridized carbons (Fsp3) is 0.400. The summed E-state index contributed by atoms with van der Waals surface area (Å²) in [5, 5.41) is 0. The molecule has 1 unspecified atom stereocenters. The van der Waals surface area contributed by atoms with Crippen LogP contribution in [0.2, 0.25) is 0 Å². The third kappa shape index (κ3) is 8.57. The highest BCUT2D eigenvalue weighted by Gasteiger charge is 2.34. The van der Waals surface area contributed by atoms with Crippen LogP contribution in [0.5, 0.6) is 5.75 Å².